The van der Waals surface area contributed by atoms with Crippen LogP contribution in [0.1, 0.15) is 43.1 Å². The van der Waals surface area contributed by atoms with E-state index >= 15 is 0 Å². The van der Waals surface area contributed by atoms with Crippen LogP contribution in [0.15, 0.2) is 12.1 Å². The van der Waals surface area contributed by atoms with E-state index in [0.717, 1.165) is 19.3 Å². The van der Waals surface area contributed by atoms with Crippen molar-refractivity contribution in [1.82, 2.24) is 15.5 Å². The molecule has 1 aromatic heterocycles. The van der Waals surface area contributed by atoms with Crippen LogP contribution in [0.2, 0.25) is 0 Å². The molecule has 0 spiro atoms. The lowest BCUT2D eigenvalue weighted by atomic mass is 10.2. The lowest BCUT2D eigenvalue weighted by molar-refractivity contribution is 0.0947. The highest BCUT2D eigenvalue weighted by Crippen LogP contribution is 2.15. The van der Waals surface area contributed by atoms with Crippen molar-refractivity contribution in [3.8, 4) is 0 Å². The Hall–Kier alpha value is -1.70. The Labute approximate surface area is 130 Å². The molecule has 0 bridgehead atoms. The minimum absolute atomic E-state index is 0.119. The molecule has 2 rings (SSSR count). The molecule has 0 saturated carbocycles. The van der Waals surface area contributed by atoms with Gasteiger partial charge in [0.05, 0.1) is 11.5 Å². The van der Waals surface area contributed by atoms with Gasteiger partial charge in [-0.15, -0.1) is 10.2 Å². The Morgan fingerprint density at radius 2 is 2.14 bits per heavy atom. The molecule has 0 aromatic carbocycles. The molecule has 1 fully saturated rings. The maximum atomic E-state index is 11.8. The highest BCUT2D eigenvalue weighted by atomic mass is 32.2. The summed E-state index contributed by atoms with van der Waals surface area (Å²) in [7, 11) is -2.93. The summed E-state index contributed by atoms with van der Waals surface area (Å²) in [5.41, 5.74) is 0.265. The fraction of sp³-hybridized carbons (Fsp3) is 0.643. The van der Waals surface area contributed by atoms with Crippen LogP contribution >= 0.6 is 0 Å². The lowest BCUT2D eigenvalue weighted by Gasteiger charge is -2.10. The van der Waals surface area contributed by atoms with E-state index in [4.69, 9.17) is 0 Å². The number of carbonyl (C=O) groups is 1. The largest absolute Gasteiger partial charge is 0.365 e. The third-order valence-corrected chi connectivity index (χ3v) is 5.32. The molecule has 0 radical (unpaired) electrons. The number of rotatable bonds is 7. The fourth-order valence-electron chi connectivity index (χ4n) is 2.32. The second-order valence-electron chi connectivity index (χ2n) is 5.51. The van der Waals surface area contributed by atoms with Crippen molar-refractivity contribution < 1.29 is 13.2 Å². The van der Waals surface area contributed by atoms with E-state index in [-0.39, 0.29) is 29.1 Å². The molecular formula is C14H22N4O3S. The third-order valence-electron chi connectivity index (χ3n) is 3.55. The van der Waals surface area contributed by atoms with Crippen LogP contribution in [0.3, 0.4) is 0 Å². The molecule has 1 aromatic rings. The molecule has 22 heavy (non-hydrogen) atoms. The van der Waals surface area contributed by atoms with Gasteiger partial charge in [-0.3, -0.25) is 4.79 Å². The molecule has 2 heterocycles. The predicted octanol–water partition coefficient (Wildman–Crippen LogP) is 0.996. The number of amides is 1. The average molecular weight is 326 g/mol. The molecule has 7 nitrogen and oxygen atoms in total. The summed E-state index contributed by atoms with van der Waals surface area (Å²) in [5, 5.41) is 13.7. The first kappa shape index (κ1) is 16.7. The first-order valence-corrected chi connectivity index (χ1v) is 9.41. The van der Waals surface area contributed by atoms with E-state index in [9.17, 15) is 13.2 Å². The number of anilines is 1. The number of sulfone groups is 1. The standard InChI is InChI=1S/C14H22N4O3S/c1-2-3-4-8-15-14(19)12-5-6-13(18-17-12)16-11-7-9-22(20,21)10-11/h5-6,11H,2-4,7-10H2,1H3,(H,15,19)(H,16,18). The van der Waals surface area contributed by atoms with Gasteiger partial charge < -0.3 is 10.6 Å². The third kappa shape index (κ3) is 4.94. The van der Waals surface area contributed by atoms with Crippen molar-refractivity contribution in [2.75, 3.05) is 23.4 Å². The van der Waals surface area contributed by atoms with Gasteiger partial charge in [0.15, 0.2) is 15.5 Å². The molecule has 2 N–H and O–H groups in total. The maximum Gasteiger partial charge on any atom is 0.271 e. The Kier molecular flexibility index (Phi) is 5.70. The van der Waals surface area contributed by atoms with Crippen molar-refractivity contribution in [2.45, 2.75) is 38.6 Å². The highest BCUT2D eigenvalue weighted by molar-refractivity contribution is 7.91. The normalized spacial score (nSPS) is 19.8. The van der Waals surface area contributed by atoms with E-state index in [2.05, 4.69) is 27.8 Å². The molecule has 1 aliphatic rings. The Morgan fingerprint density at radius 3 is 2.73 bits per heavy atom. The Morgan fingerprint density at radius 1 is 1.32 bits per heavy atom. The average Bonchev–Trinajstić information content (AvgIpc) is 2.83. The first-order chi connectivity index (χ1) is 10.5. The summed E-state index contributed by atoms with van der Waals surface area (Å²) in [6.45, 7) is 2.74. The zero-order chi connectivity index (χ0) is 16.0. The molecule has 1 atom stereocenters. The van der Waals surface area contributed by atoms with Gasteiger partial charge in [0.25, 0.3) is 5.91 Å². The van der Waals surface area contributed by atoms with E-state index in [1.54, 1.807) is 12.1 Å². The lowest BCUT2D eigenvalue weighted by Crippen LogP contribution is -2.26. The molecule has 122 valence electrons. The first-order valence-electron chi connectivity index (χ1n) is 7.59. The van der Waals surface area contributed by atoms with Gasteiger partial charge in [-0.2, -0.15) is 0 Å². The van der Waals surface area contributed by atoms with Crippen LogP contribution < -0.4 is 10.6 Å². The van der Waals surface area contributed by atoms with Gasteiger partial charge in [0, 0.05) is 12.6 Å². The molecule has 0 aliphatic carbocycles. The molecular weight excluding hydrogens is 304 g/mol. The van der Waals surface area contributed by atoms with Crippen molar-refractivity contribution in [3.05, 3.63) is 17.8 Å². The predicted molar refractivity (Wildman–Crippen MR) is 84.6 cm³/mol. The summed E-state index contributed by atoms with van der Waals surface area (Å²) in [6, 6.07) is 3.11. The number of unbranched alkanes of at least 4 members (excludes halogenated alkanes) is 2. The Bertz CT molecular complexity index is 601. The SMILES string of the molecule is CCCCCNC(=O)c1ccc(NC2CCS(=O)(=O)C2)nn1. The van der Waals surface area contributed by atoms with E-state index in [1.165, 1.54) is 0 Å². The summed E-state index contributed by atoms with van der Waals surface area (Å²) in [5.74, 6) is 0.577. The van der Waals surface area contributed by atoms with Crippen LogP contribution in [0.5, 0.6) is 0 Å². The number of hydrogen-bond acceptors (Lipinski definition) is 6. The van der Waals surface area contributed by atoms with Crippen LogP contribution in [0.25, 0.3) is 0 Å². The van der Waals surface area contributed by atoms with E-state index in [0.29, 0.717) is 18.8 Å². The van der Waals surface area contributed by atoms with Gasteiger partial charge in [-0.1, -0.05) is 19.8 Å². The molecule has 1 saturated heterocycles. The summed E-state index contributed by atoms with van der Waals surface area (Å²) in [4.78, 5) is 11.8. The smallest absolute Gasteiger partial charge is 0.271 e. The van der Waals surface area contributed by atoms with Crippen molar-refractivity contribution >= 4 is 21.6 Å². The number of hydrogen-bond donors (Lipinski definition) is 2. The van der Waals surface area contributed by atoms with Crippen LogP contribution in [-0.4, -0.2) is 48.6 Å². The minimum atomic E-state index is -2.93. The zero-order valence-electron chi connectivity index (χ0n) is 12.7. The topological polar surface area (TPSA) is 101 Å². The Balaban J connectivity index is 1.83. The van der Waals surface area contributed by atoms with Crippen molar-refractivity contribution in [3.63, 3.8) is 0 Å². The number of aromatic nitrogens is 2. The summed E-state index contributed by atoms with van der Waals surface area (Å²) < 4.78 is 22.8. The number of carbonyl (C=O) groups excluding carboxylic acids is 1. The van der Waals surface area contributed by atoms with Crippen LogP contribution in [-0.2, 0) is 9.84 Å². The number of nitrogens with zero attached hydrogens (tertiary/aromatic N) is 2. The second kappa shape index (κ2) is 7.53. The van der Waals surface area contributed by atoms with Gasteiger partial charge in [0.2, 0.25) is 0 Å². The van der Waals surface area contributed by atoms with Gasteiger partial charge >= 0.3 is 0 Å². The van der Waals surface area contributed by atoms with E-state index < -0.39 is 9.84 Å². The molecule has 8 heteroatoms. The molecule has 1 unspecified atom stereocenters. The van der Waals surface area contributed by atoms with Gasteiger partial charge in [-0.05, 0) is 25.0 Å². The maximum absolute atomic E-state index is 11.8. The van der Waals surface area contributed by atoms with E-state index in [1.807, 2.05) is 0 Å². The second-order valence-corrected chi connectivity index (χ2v) is 7.74. The van der Waals surface area contributed by atoms with Crippen LogP contribution in [0.4, 0.5) is 5.82 Å². The summed E-state index contributed by atoms with van der Waals surface area (Å²) in [6.07, 6.45) is 3.71. The fourth-order valence-corrected chi connectivity index (χ4v) is 3.99. The molecule has 1 aliphatic heterocycles. The van der Waals surface area contributed by atoms with Gasteiger partial charge in [0.1, 0.15) is 5.82 Å². The van der Waals surface area contributed by atoms with Crippen LogP contribution in [0, 0.1) is 0 Å². The zero-order valence-corrected chi connectivity index (χ0v) is 13.5. The highest BCUT2D eigenvalue weighted by Gasteiger charge is 2.27. The van der Waals surface area contributed by atoms with Crippen molar-refractivity contribution in [1.29, 1.82) is 0 Å². The molecule has 1 amide bonds. The minimum Gasteiger partial charge on any atom is -0.365 e. The van der Waals surface area contributed by atoms with Crippen molar-refractivity contribution in [2.24, 2.45) is 0 Å². The number of nitrogens with one attached hydrogen (secondary N) is 2. The monoisotopic (exact) mass is 326 g/mol. The summed E-state index contributed by atoms with van der Waals surface area (Å²) >= 11 is 0. The quantitative estimate of drug-likeness (QED) is 0.725. The van der Waals surface area contributed by atoms with Gasteiger partial charge in [-0.25, -0.2) is 8.42 Å².